The van der Waals surface area contributed by atoms with Gasteiger partial charge in [0.15, 0.2) is 11.5 Å². The monoisotopic (exact) mass is 383 g/mol. The molecule has 2 N–H and O–H groups in total. The topological polar surface area (TPSA) is 72.5 Å². The number of amides is 1. The van der Waals surface area contributed by atoms with E-state index < -0.39 is 11.6 Å². The largest absolute Gasteiger partial charge is 0.454 e. The first-order valence-corrected chi connectivity index (χ1v) is 8.43. The lowest BCUT2D eigenvalue weighted by Gasteiger charge is -2.10. The van der Waals surface area contributed by atoms with Crippen LogP contribution in [0.15, 0.2) is 54.9 Å². The number of hydrogen-bond donors (Lipinski definition) is 2. The predicted molar refractivity (Wildman–Crippen MR) is 97.6 cm³/mol. The van der Waals surface area contributed by atoms with Gasteiger partial charge in [-0.15, -0.1) is 0 Å². The van der Waals surface area contributed by atoms with Crippen LogP contribution in [0, 0.1) is 11.6 Å². The molecule has 0 bridgehead atoms. The van der Waals surface area contributed by atoms with Gasteiger partial charge in [0.1, 0.15) is 17.3 Å². The number of benzene rings is 2. The van der Waals surface area contributed by atoms with Crippen LogP contribution in [0.5, 0.6) is 11.5 Å². The molecule has 1 aliphatic heterocycles. The molecule has 8 heteroatoms. The number of nitrogens with one attached hydrogen (secondary N) is 2. The normalized spacial score (nSPS) is 11.9. The van der Waals surface area contributed by atoms with Crippen LogP contribution in [0.25, 0.3) is 0 Å². The molecule has 6 nitrogen and oxygen atoms in total. The lowest BCUT2D eigenvalue weighted by atomic mass is 10.2. The molecule has 4 rings (SSSR count). The summed E-state index contributed by atoms with van der Waals surface area (Å²) in [5.41, 5.74) is 1.08. The maximum Gasteiger partial charge on any atom is 0.253 e. The average Bonchev–Trinajstić information content (AvgIpc) is 3.17. The van der Waals surface area contributed by atoms with Crippen molar-refractivity contribution in [2.45, 2.75) is 6.54 Å². The van der Waals surface area contributed by atoms with Crippen LogP contribution < -0.4 is 20.1 Å². The van der Waals surface area contributed by atoms with Crippen molar-refractivity contribution >= 4 is 17.3 Å². The highest BCUT2D eigenvalue weighted by atomic mass is 19.1. The maximum absolute atomic E-state index is 13.8. The van der Waals surface area contributed by atoms with Crippen LogP contribution in [-0.2, 0) is 6.54 Å². The van der Waals surface area contributed by atoms with E-state index in [1.165, 1.54) is 24.5 Å². The number of carbonyl (C=O) groups is 1. The summed E-state index contributed by atoms with van der Waals surface area (Å²) in [4.78, 5) is 16.4. The predicted octanol–water partition coefficient (Wildman–Crippen LogP) is 3.76. The van der Waals surface area contributed by atoms with Crippen LogP contribution in [0.2, 0.25) is 0 Å². The fourth-order valence-corrected chi connectivity index (χ4v) is 2.73. The summed E-state index contributed by atoms with van der Waals surface area (Å²) in [5, 5.41) is 5.38. The van der Waals surface area contributed by atoms with Crippen molar-refractivity contribution < 1.29 is 23.0 Å². The molecule has 0 spiro atoms. The molecule has 0 fully saturated rings. The first kappa shape index (κ1) is 17.7. The number of anilines is 2. The Balaban J connectivity index is 1.44. The van der Waals surface area contributed by atoms with E-state index >= 15 is 0 Å². The highest BCUT2D eigenvalue weighted by Gasteiger charge is 2.14. The van der Waals surface area contributed by atoms with Crippen molar-refractivity contribution in [3.05, 3.63) is 77.6 Å². The van der Waals surface area contributed by atoms with Gasteiger partial charge < -0.3 is 20.1 Å². The number of fused-ring (bicyclic) bond motifs is 1. The smallest absolute Gasteiger partial charge is 0.253 e. The number of carbonyl (C=O) groups excluding carboxylic acids is 1. The summed E-state index contributed by atoms with van der Waals surface area (Å²) >= 11 is 0. The lowest BCUT2D eigenvalue weighted by Crippen LogP contribution is -2.23. The Morgan fingerprint density at radius 3 is 2.64 bits per heavy atom. The van der Waals surface area contributed by atoms with E-state index in [0.717, 1.165) is 17.7 Å². The summed E-state index contributed by atoms with van der Waals surface area (Å²) in [6.45, 7) is 0.453. The maximum atomic E-state index is 13.8. The second-order valence-electron chi connectivity index (χ2n) is 6.05. The minimum Gasteiger partial charge on any atom is -0.454 e. The minimum atomic E-state index is -0.738. The quantitative estimate of drug-likeness (QED) is 0.702. The zero-order valence-electron chi connectivity index (χ0n) is 14.5. The Morgan fingerprint density at radius 2 is 1.82 bits per heavy atom. The van der Waals surface area contributed by atoms with Crippen molar-refractivity contribution in [3.8, 4) is 11.5 Å². The fourth-order valence-electron chi connectivity index (χ4n) is 2.73. The molecule has 3 aromatic rings. The van der Waals surface area contributed by atoms with Gasteiger partial charge >= 0.3 is 0 Å². The van der Waals surface area contributed by atoms with Crippen molar-refractivity contribution in [3.63, 3.8) is 0 Å². The molecule has 0 unspecified atom stereocenters. The number of rotatable bonds is 5. The molecule has 0 atom stereocenters. The third-order valence-corrected chi connectivity index (χ3v) is 4.12. The van der Waals surface area contributed by atoms with E-state index in [9.17, 15) is 13.6 Å². The Kier molecular flexibility index (Phi) is 4.76. The number of halogens is 2. The summed E-state index contributed by atoms with van der Waals surface area (Å²) < 4.78 is 38.1. The van der Waals surface area contributed by atoms with Gasteiger partial charge in [-0.2, -0.15) is 0 Å². The van der Waals surface area contributed by atoms with Crippen LogP contribution in [0.1, 0.15) is 15.9 Å². The molecule has 1 aromatic heterocycles. The van der Waals surface area contributed by atoms with E-state index in [1.807, 2.05) is 6.07 Å². The van der Waals surface area contributed by atoms with E-state index in [4.69, 9.17) is 9.47 Å². The Labute approximate surface area is 159 Å². The molecule has 0 radical (unpaired) electrons. The molecule has 1 amide bonds. The number of pyridine rings is 1. The zero-order chi connectivity index (χ0) is 19.5. The van der Waals surface area contributed by atoms with E-state index in [-0.39, 0.29) is 30.5 Å². The molecule has 142 valence electrons. The summed E-state index contributed by atoms with van der Waals surface area (Å²) in [5.74, 6) is -0.553. The van der Waals surface area contributed by atoms with Gasteiger partial charge in [0.05, 0.1) is 17.4 Å². The summed E-state index contributed by atoms with van der Waals surface area (Å²) in [7, 11) is 0. The fraction of sp³-hybridized carbons (Fsp3) is 0.100. The van der Waals surface area contributed by atoms with Gasteiger partial charge in [-0.25, -0.2) is 8.78 Å². The first-order valence-electron chi connectivity index (χ1n) is 8.43. The van der Waals surface area contributed by atoms with Gasteiger partial charge in [-0.3, -0.25) is 9.78 Å². The number of para-hydroxylation sites is 1. The number of ether oxygens (including phenoxy) is 2. The summed E-state index contributed by atoms with van der Waals surface area (Å²) in [6, 6.07) is 10.4. The van der Waals surface area contributed by atoms with Crippen LogP contribution in [-0.4, -0.2) is 17.7 Å². The zero-order valence-corrected chi connectivity index (χ0v) is 14.5. The number of aromatic nitrogens is 1. The van der Waals surface area contributed by atoms with Crippen molar-refractivity contribution in [2.24, 2.45) is 0 Å². The van der Waals surface area contributed by atoms with E-state index in [1.54, 1.807) is 12.1 Å². The van der Waals surface area contributed by atoms with Gasteiger partial charge in [-0.1, -0.05) is 12.1 Å². The van der Waals surface area contributed by atoms with Crippen LogP contribution >= 0.6 is 0 Å². The molecule has 2 aromatic carbocycles. The van der Waals surface area contributed by atoms with Crippen LogP contribution in [0.4, 0.5) is 20.2 Å². The molecule has 1 aliphatic rings. The second-order valence-corrected chi connectivity index (χ2v) is 6.05. The molecule has 0 aliphatic carbocycles. The van der Waals surface area contributed by atoms with Crippen LogP contribution in [0.3, 0.4) is 0 Å². The Bertz CT molecular complexity index is 1020. The third kappa shape index (κ3) is 3.71. The van der Waals surface area contributed by atoms with E-state index in [0.29, 0.717) is 17.2 Å². The number of hydrogen-bond acceptors (Lipinski definition) is 5. The Morgan fingerprint density at radius 1 is 1.04 bits per heavy atom. The van der Waals surface area contributed by atoms with Gasteiger partial charge in [0, 0.05) is 12.7 Å². The second kappa shape index (κ2) is 7.51. The van der Waals surface area contributed by atoms with E-state index in [2.05, 4.69) is 15.6 Å². The highest BCUT2D eigenvalue weighted by molar-refractivity contribution is 5.94. The minimum absolute atomic E-state index is 0.180. The molecular formula is C20H15F2N3O3. The van der Waals surface area contributed by atoms with Gasteiger partial charge in [0.2, 0.25) is 6.79 Å². The molecule has 0 saturated heterocycles. The Hall–Kier alpha value is -3.68. The standard InChI is InChI=1S/C20H15F2N3O3/c21-15-2-1-3-16(22)19(15)25-14-7-13(9-23-10-14)20(26)24-8-12-4-5-17-18(6-12)28-11-27-17/h1-7,9-10,25H,8,11H2,(H,24,26). The molecule has 28 heavy (non-hydrogen) atoms. The SMILES string of the molecule is O=C(NCc1ccc2c(c1)OCO2)c1cncc(Nc2c(F)cccc2F)c1. The third-order valence-electron chi connectivity index (χ3n) is 4.12. The number of nitrogens with zero attached hydrogens (tertiary/aromatic N) is 1. The van der Waals surface area contributed by atoms with Gasteiger partial charge in [-0.05, 0) is 35.9 Å². The van der Waals surface area contributed by atoms with Gasteiger partial charge in [0.25, 0.3) is 5.91 Å². The van der Waals surface area contributed by atoms with Crippen molar-refractivity contribution in [1.82, 2.24) is 10.3 Å². The highest BCUT2D eigenvalue weighted by Crippen LogP contribution is 2.32. The van der Waals surface area contributed by atoms with Crippen molar-refractivity contribution in [1.29, 1.82) is 0 Å². The average molecular weight is 383 g/mol. The molecule has 0 saturated carbocycles. The first-order chi connectivity index (χ1) is 13.6. The molecule has 2 heterocycles. The molecular weight excluding hydrogens is 368 g/mol. The van der Waals surface area contributed by atoms with Crippen molar-refractivity contribution in [2.75, 3.05) is 12.1 Å². The summed E-state index contributed by atoms with van der Waals surface area (Å²) in [6.07, 6.45) is 2.75. The lowest BCUT2D eigenvalue weighted by molar-refractivity contribution is 0.0950.